The lowest BCUT2D eigenvalue weighted by molar-refractivity contribution is 1.19. The van der Waals surface area contributed by atoms with Gasteiger partial charge in [0.1, 0.15) is 0 Å². The molecule has 0 aliphatic carbocycles. The van der Waals surface area contributed by atoms with Crippen LogP contribution < -0.4 is 0 Å². The van der Waals surface area contributed by atoms with E-state index in [4.69, 9.17) is 0 Å². The van der Waals surface area contributed by atoms with Crippen molar-refractivity contribution in [3.8, 4) is 0 Å². The molecular formula is C17H11Br2I. The van der Waals surface area contributed by atoms with Gasteiger partial charge in [-0.05, 0) is 62.7 Å². The van der Waals surface area contributed by atoms with Crippen molar-refractivity contribution in [1.29, 1.82) is 0 Å². The van der Waals surface area contributed by atoms with Crippen molar-refractivity contribution in [2.24, 2.45) is 0 Å². The molecule has 0 aliphatic rings. The number of rotatable bonds is 2. The van der Waals surface area contributed by atoms with E-state index in [0.29, 0.717) is 0 Å². The summed E-state index contributed by atoms with van der Waals surface area (Å²) in [6.07, 6.45) is 0. The molecular weight excluding hydrogens is 491 g/mol. The number of hydrogen-bond donors (Lipinski definition) is 0. The predicted octanol–water partition coefficient (Wildman–Crippen LogP) is 6.69. The highest BCUT2D eigenvalue weighted by Crippen LogP contribution is 2.37. The number of halogens is 3. The van der Waals surface area contributed by atoms with Gasteiger partial charge in [-0.3, -0.25) is 0 Å². The third kappa shape index (κ3) is 2.81. The Morgan fingerprint density at radius 3 is 2.15 bits per heavy atom. The second-order valence-electron chi connectivity index (χ2n) is 4.60. The Morgan fingerprint density at radius 1 is 0.800 bits per heavy atom. The third-order valence-electron chi connectivity index (χ3n) is 3.34. The van der Waals surface area contributed by atoms with Crippen LogP contribution in [0.1, 0.15) is 16.0 Å². The van der Waals surface area contributed by atoms with Crippen molar-refractivity contribution in [2.75, 3.05) is 0 Å². The van der Waals surface area contributed by atoms with Gasteiger partial charge in [0.15, 0.2) is 0 Å². The maximum Gasteiger partial charge on any atom is 0.0650 e. The van der Waals surface area contributed by atoms with Crippen molar-refractivity contribution in [2.45, 2.75) is 4.83 Å². The van der Waals surface area contributed by atoms with Crippen LogP contribution in [-0.2, 0) is 0 Å². The zero-order valence-electron chi connectivity index (χ0n) is 10.5. The molecule has 100 valence electrons. The summed E-state index contributed by atoms with van der Waals surface area (Å²) in [7, 11) is 0. The van der Waals surface area contributed by atoms with Gasteiger partial charge in [-0.2, -0.15) is 0 Å². The normalized spacial score (nSPS) is 12.6. The number of fused-ring (bicyclic) bond motifs is 1. The molecule has 0 radical (unpaired) electrons. The number of alkyl halides is 1. The van der Waals surface area contributed by atoms with E-state index < -0.39 is 0 Å². The number of hydrogen-bond acceptors (Lipinski definition) is 0. The first kappa shape index (κ1) is 14.5. The van der Waals surface area contributed by atoms with Crippen molar-refractivity contribution in [1.82, 2.24) is 0 Å². The van der Waals surface area contributed by atoms with Gasteiger partial charge in [0.2, 0.25) is 0 Å². The van der Waals surface area contributed by atoms with E-state index in [2.05, 4.69) is 115 Å². The fourth-order valence-electron chi connectivity index (χ4n) is 2.32. The molecule has 1 unspecified atom stereocenters. The van der Waals surface area contributed by atoms with Crippen LogP contribution in [0.2, 0.25) is 0 Å². The second kappa shape index (κ2) is 6.16. The fraction of sp³-hybridized carbons (Fsp3) is 0.0588. The molecule has 0 aromatic heterocycles. The average Bonchev–Trinajstić information content (AvgIpc) is 2.48. The SMILES string of the molecule is Brc1ccc(C(Br)c2ccc(I)cc2)c2ccccc12. The first-order valence-corrected chi connectivity index (χ1v) is 9.02. The molecule has 3 rings (SSSR count). The largest absolute Gasteiger partial charge is 0.0786 e. The van der Waals surface area contributed by atoms with E-state index in [1.54, 1.807) is 0 Å². The van der Waals surface area contributed by atoms with Gasteiger partial charge >= 0.3 is 0 Å². The van der Waals surface area contributed by atoms with Gasteiger partial charge in [0.05, 0.1) is 4.83 Å². The zero-order valence-corrected chi connectivity index (χ0v) is 15.8. The third-order valence-corrected chi connectivity index (χ3v) is 5.77. The molecule has 0 saturated carbocycles. The summed E-state index contributed by atoms with van der Waals surface area (Å²) in [6, 6.07) is 21.4. The molecule has 3 heteroatoms. The lowest BCUT2D eigenvalue weighted by Gasteiger charge is -2.14. The molecule has 1 atom stereocenters. The van der Waals surface area contributed by atoms with E-state index in [-0.39, 0.29) is 4.83 Å². The molecule has 0 bridgehead atoms. The highest BCUT2D eigenvalue weighted by molar-refractivity contribution is 14.1. The van der Waals surface area contributed by atoms with E-state index in [1.807, 2.05) is 0 Å². The molecule has 0 N–H and O–H groups in total. The highest BCUT2D eigenvalue weighted by Gasteiger charge is 2.14. The van der Waals surface area contributed by atoms with Crippen molar-refractivity contribution < 1.29 is 0 Å². The topological polar surface area (TPSA) is 0 Å². The van der Waals surface area contributed by atoms with Crippen LogP contribution >= 0.6 is 54.5 Å². The van der Waals surface area contributed by atoms with Gasteiger partial charge in [0, 0.05) is 8.04 Å². The molecule has 0 saturated heterocycles. The minimum absolute atomic E-state index is 0.206. The summed E-state index contributed by atoms with van der Waals surface area (Å²) in [5, 5.41) is 2.53. The zero-order chi connectivity index (χ0) is 14.1. The quantitative estimate of drug-likeness (QED) is 0.271. The average molecular weight is 502 g/mol. The minimum Gasteiger partial charge on any atom is -0.0786 e. The monoisotopic (exact) mass is 500 g/mol. The molecule has 0 amide bonds. The van der Waals surface area contributed by atoms with Crippen molar-refractivity contribution in [3.63, 3.8) is 0 Å². The molecule has 0 fully saturated rings. The molecule has 20 heavy (non-hydrogen) atoms. The van der Waals surface area contributed by atoms with Crippen LogP contribution in [-0.4, -0.2) is 0 Å². The lowest BCUT2D eigenvalue weighted by Crippen LogP contribution is -1.94. The van der Waals surface area contributed by atoms with Crippen molar-refractivity contribution >= 4 is 65.2 Å². The van der Waals surface area contributed by atoms with Crippen LogP contribution in [0.3, 0.4) is 0 Å². The Kier molecular flexibility index (Phi) is 4.48. The Labute approximate surface area is 149 Å². The van der Waals surface area contributed by atoms with Crippen LogP contribution in [0.15, 0.2) is 65.1 Å². The van der Waals surface area contributed by atoms with Crippen LogP contribution in [0.25, 0.3) is 10.8 Å². The van der Waals surface area contributed by atoms with Gasteiger partial charge in [-0.15, -0.1) is 0 Å². The summed E-state index contributed by atoms with van der Waals surface area (Å²) in [4.78, 5) is 0.206. The first-order chi connectivity index (χ1) is 9.66. The maximum absolute atomic E-state index is 3.85. The Bertz CT molecular complexity index is 751. The van der Waals surface area contributed by atoms with E-state index in [1.165, 1.54) is 25.5 Å². The molecule has 0 spiro atoms. The van der Waals surface area contributed by atoms with Crippen LogP contribution in [0.4, 0.5) is 0 Å². The summed E-state index contributed by atoms with van der Waals surface area (Å²) < 4.78 is 2.39. The van der Waals surface area contributed by atoms with Gasteiger partial charge in [0.25, 0.3) is 0 Å². The Morgan fingerprint density at radius 2 is 1.45 bits per heavy atom. The Hall–Kier alpha value is -0.390. The summed E-state index contributed by atoms with van der Waals surface area (Å²) in [5.74, 6) is 0. The smallest absolute Gasteiger partial charge is 0.0650 e. The lowest BCUT2D eigenvalue weighted by atomic mass is 9.98. The summed E-state index contributed by atoms with van der Waals surface area (Å²) >= 11 is 9.81. The van der Waals surface area contributed by atoms with E-state index in [9.17, 15) is 0 Å². The van der Waals surface area contributed by atoms with E-state index >= 15 is 0 Å². The second-order valence-corrected chi connectivity index (χ2v) is 7.61. The Balaban J connectivity index is 2.14. The summed E-state index contributed by atoms with van der Waals surface area (Å²) in [6.45, 7) is 0. The van der Waals surface area contributed by atoms with E-state index in [0.717, 1.165) is 4.47 Å². The molecule has 0 heterocycles. The molecule has 3 aromatic carbocycles. The standard InChI is InChI=1S/C17H11Br2I/c18-16-10-9-15(13-3-1-2-4-14(13)16)17(19)11-5-7-12(20)8-6-11/h1-10,17H. The van der Waals surface area contributed by atoms with Crippen molar-refractivity contribution in [3.05, 3.63) is 79.8 Å². The molecule has 3 aromatic rings. The maximum atomic E-state index is 3.85. The molecule has 0 nitrogen and oxygen atoms in total. The minimum atomic E-state index is 0.206. The predicted molar refractivity (Wildman–Crippen MR) is 102 cm³/mol. The van der Waals surface area contributed by atoms with Gasteiger partial charge in [-0.25, -0.2) is 0 Å². The highest BCUT2D eigenvalue weighted by atomic mass is 127. The fourth-order valence-corrected chi connectivity index (χ4v) is 3.86. The van der Waals surface area contributed by atoms with Crippen LogP contribution in [0.5, 0.6) is 0 Å². The van der Waals surface area contributed by atoms with Crippen LogP contribution in [0, 0.1) is 3.57 Å². The van der Waals surface area contributed by atoms with Gasteiger partial charge < -0.3 is 0 Å². The summed E-state index contributed by atoms with van der Waals surface area (Å²) in [5.41, 5.74) is 2.57. The van der Waals surface area contributed by atoms with Gasteiger partial charge in [-0.1, -0.05) is 74.3 Å². The number of benzene rings is 3. The molecule has 0 aliphatic heterocycles. The first-order valence-electron chi connectivity index (χ1n) is 6.23.